The third-order valence-electron chi connectivity index (χ3n) is 3.84. The number of halogens is 2. The lowest BCUT2D eigenvalue weighted by Crippen LogP contribution is -2.48. The number of amides is 2. The molecule has 1 aromatic carbocycles. The summed E-state index contributed by atoms with van der Waals surface area (Å²) >= 11 is 5.78. The molecule has 6 heteroatoms. The van der Waals surface area contributed by atoms with Crippen LogP contribution in [0.5, 0.6) is 0 Å². The lowest BCUT2D eigenvalue weighted by Gasteiger charge is -2.27. The Morgan fingerprint density at radius 3 is 2.81 bits per heavy atom. The summed E-state index contributed by atoms with van der Waals surface area (Å²) in [5.74, 6) is -0.837. The summed E-state index contributed by atoms with van der Waals surface area (Å²) < 4.78 is 13.3. The molecule has 1 fully saturated rings. The summed E-state index contributed by atoms with van der Waals surface area (Å²) in [5, 5.41) is 2.73. The number of anilines is 1. The van der Waals surface area contributed by atoms with Gasteiger partial charge in [-0.1, -0.05) is 31.9 Å². The third-order valence-corrected chi connectivity index (χ3v) is 4.13. The standard InChI is InChI=1S/C15H18ClFN2O2/c1-3-9(2)14-15(21)19(7-6-13(20)18-14)10-4-5-12(17)11(16)8-10/h4-5,8-9,14H,3,6-7H2,1-2H3,(H,18,20). The molecule has 4 nitrogen and oxygen atoms in total. The van der Waals surface area contributed by atoms with Gasteiger partial charge in [0.1, 0.15) is 11.9 Å². The smallest absolute Gasteiger partial charge is 0.249 e. The molecule has 21 heavy (non-hydrogen) atoms. The van der Waals surface area contributed by atoms with Gasteiger partial charge in [0.05, 0.1) is 5.02 Å². The van der Waals surface area contributed by atoms with Crippen molar-refractivity contribution in [2.45, 2.75) is 32.7 Å². The van der Waals surface area contributed by atoms with Gasteiger partial charge < -0.3 is 10.2 Å². The van der Waals surface area contributed by atoms with Crippen molar-refractivity contribution in [3.63, 3.8) is 0 Å². The van der Waals surface area contributed by atoms with E-state index in [0.717, 1.165) is 6.42 Å². The Balaban J connectivity index is 2.34. The second-order valence-electron chi connectivity index (χ2n) is 5.27. The van der Waals surface area contributed by atoms with E-state index in [0.29, 0.717) is 5.69 Å². The van der Waals surface area contributed by atoms with Crippen molar-refractivity contribution < 1.29 is 14.0 Å². The molecule has 0 aromatic heterocycles. The average Bonchev–Trinajstić information content (AvgIpc) is 2.61. The highest BCUT2D eigenvalue weighted by Gasteiger charge is 2.33. The van der Waals surface area contributed by atoms with Crippen LogP contribution >= 0.6 is 11.6 Å². The van der Waals surface area contributed by atoms with E-state index in [-0.39, 0.29) is 35.7 Å². The van der Waals surface area contributed by atoms with Crippen LogP contribution in [0, 0.1) is 11.7 Å². The van der Waals surface area contributed by atoms with Crippen molar-refractivity contribution in [1.82, 2.24) is 5.32 Å². The first-order chi connectivity index (χ1) is 9.93. The van der Waals surface area contributed by atoms with Crippen LogP contribution in [-0.2, 0) is 9.59 Å². The largest absolute Gasteiger partial charge is 0.344 e. The Morgan fingerprint density at radius 2 is 2.19 bits per heavy atom. The van der Waals surface area contributed by atoms with Gasteiger partial charge in [0.2, 0.25) is 11.8 Å². The van der Waals surface area contributed by atoms with E-state index in [2.05, 4.69) is 5.32 Å². The molecule has 2 amide bonds. The van der Waals surface area contributed by atoms with Gasteiger partial charge in [-0.25, -0.2) is 4.39 Å². The van der Waals surface area contributed by atoms with E-state index in [9.17, 15) is 14.0 Å². The molecule has 0 saturated carbocycles. The molecule has 1 aliphatic heterocycles. The van der Waals surface area contributed by atoms with Crippen LogP contribution in [0.25, 0.3) is 0 Å². The highest BCUT2D eigenvalue weighted by molar-refractivity contribution is 6.31. The third kappa shape index (κ3) is 3.35. The molecule has 2 atom stereocenters. The number of rotatable bonds is 3. The van der Waals surface area contributed by atoms with Crippen LogP contribution in [0.1, 0.15) is 26.7 Å². The van der Waals surface area contributed by atoms with Crippen LogP contribution in [0.3, 0.4) is 0 Å². The molecule has 2 unspecified atom stereocenters. The molecule has 0 radical (unpaired) electrons. The maximum Gasteiger partial charge on any atom is 0.249 e. The zero-order valence-electron chi connectivity index (χ0n) is 12.0. The van der Waals surface area contributed by atoms with Gasteiger partial charge in [-0.05, 0) is 24.1 Å². The second kappa shape index (κ2) is 6.43. The second-order valence-corrected chi connectivity index (χ2v) is 5.68. The molecule has 2 rings (SSSR count). The fourth-order valence-electron chi connectivity index (χ4n) is 2.33. The molecule has 1 aromatic rings. The molecule has 0 bridgehead atoms. The minimum absolute atomic E-state index is 0.0259. The first-order valence-electron chi connectivity index (χ1n) is 6.99. The quantitative estimate of drug-likeness (QED) is 0.933. The maximum absolute atomic E-state index is 13.3. The fourth-order valence-corrected chi connectivity index (χ4v) is 2.50. The fraction of sp³-hybridized carbons (Fsp3) is 0.467. The Morgan fingerprint density at radius 1 is 1.48 bits per heavy atom. The predicted octanol–water partition coefficient (Wildman–Crippen LogP) is 2.75. The first-order valence-corrected chi connectivity index (χ1v) is 7.37. The van der Waals surface area contributed by atoms with E-state index >= 15 is 0 Å². The summed E-state index contributed by atoms with van der Waals surface area (Å²) in [6.45, 7) is 4.15. The first kappa shape index (κ1) is 15.8. The van der Waals surface area contributed by atoms with Crippen LogP contribution in [0.2, 0.25) is 5.02 Å². The number of carbonyl (C=O) groups is 2. The van der Waals surface area contributed by atoms with Gasteiger partial charge in [0.25, 0.3) is 0 Å². The Kier molecular flexibility index (Phi) is 4.83. The van der Waals surface area contributed by atoms with Crippen molar-refractivity contribution in [3.05, 3.63) is 29.0 Å². The summed E-state index contributed by atoms with van der Waals surface area (Å²) in [6.07, 6.45) is 0.988. The van der Waals surface area contributed by atoms with Gasteiger partial charge in [0, 0.05) is 18.7 Å². The molecule has 0 aliphatic carbocycles. The summed E-state index contributed by atoms with van der Waals surface area (Å²) in [7, 11) is 0. The van der Waals surface area contributed by atoms with E-state index in [1.807, 2.05) is 13.8 Å². The molecule has 1 N–H and O–H groups in total. The van der Waals surface area contributed by atoms with Gasteiger partial charge in [-0.15, -0.1) is 0 Å². The highest BCUT2D eigenvalue weighted by Crippen LogP contribution is 2.25. The molecule has 0 spiro atoms. The zero-order chi connectivity index (χ0) is 15.6. The monoisotopic (exact) mass is 312 g/mol. The molecular weight excluding hydrogens is 295 g/mol. The van der Waals surface area contributed by atoms with Crippen molar-refractivity contribution >= 4 is 29.1 Å². The highest BCUT2D eigenvalue weighted by atomic mass is 35.5. The van der Waals surface area contributed by atoms with Crippen LogP contribution in [0.15, 0.2) is 18.2 Å². The maximum atomic E-state index is 13.3. The zero-order valence-corrected chi connectivity index (χ0v) is 12.8. The van der Waals surface area contributed by atoms with E-state index in [1.54, 1.807) is 0 Å². The molecule has 1 heterocycles. The van der Waals surface area contributed by atoms with E-state index in [4.69, 9.17) is 11.6 Å². The normalized spacial score (nSPS) is 21.0. The minimum Gasteiger partial charge on any atom is -0.344 e. The SMILES string of the molecule is CCC(C)C1NC(=O)CCN(c2ccc(F)c(Cl)c2)C1=O. The molecule has 1 saturated heterocycles. The predicted molar refractivity (Wildman–Crippen MR) is 79.8 cm³/mol. The van der Waals surface area contributed by atoms with E-state index in [1.165, 1.54) is 23.1 Å². The average molecular weight is 313 g/mol. The van der Waals surface area contributed by atoms with Crippen molar-refractivity contribution in [2.24, 2.45) is 5.92 Å². The lowest BCUT2D eigenvalue weighted by molar-refractivity contribution is -0.126. The number of benzene rings is 1. The summed E-state index contributed by atoms with van der Waals surface area (Å²) in [5.41, 5.74) is 0.510. The summed E-state index contributed by atoms with van der Waals surface area (Å²) in [6, 6.07) is 3.58. The molecular formula is C15H18ClFN2O2. The van der Waals surface area contributed by atoms with Crippen molar-refractivity contribution in [2.75, 3.05) is 11.4 Å². The van der Waals surface area contributed by atoms with Crippen LogP contribution in [0.4, 0.5) is 10.1 Å². The van der Waals surface area contributed by atoms with Crippen molar-refractivity contribution in [1.29, 1.82) is 0 Å². The topological polar surface area (TPSA) is 49.4 Å². The van der Waals surface area contributed by atoms with Gasteiger partial charge in [-0.2, -0.15) is 0 Å². The Bertz CT molecular complexity index is 565. The van der Waals surface area contributed by atoms with Gasteiger partial charge in [0.15, 0.2) is 0 Å². The number of nitrogens with zero attached hydrogens (tertiary/aromatic N) is 1. The number of nitrogens with one attached hydrogen (secondary N) is 1. The Labute approximate surface area is 128 Å². The van der Waals surface area contributed by atoms with Gasteiger partial charge >= 0.3 is 0 Å². The number of hydrogen-bond acceptors (Lipinski definition) is 2. The number of carbonyl (C=O) groups excluding carboxylic acids is 2. The van der Waals surface area contributed by atoms with Gasteiger partial charge in [-0.3, -0.25) is 9.59 Å². The molecule has 1 aliphatic rings. The molecule has 114 valence electrons. The lowest BCUT2D eigenvalue weighted by atomic mass is 9.98. The van der Waals surface area contributed by atoms with E-state index < -0.39 is 11.9 Å². The Hall–Kier alpha value is -1.62. The summed E-state index contributed by atoms with van der Waals surface area (Å²) in [4.78, 5) is 25.9. The van der Waals surface area contributed by atoms with Crippen LogP contribution in [-0.4, -0.2) is 24.4 Å². The van der Waals surface area contributed by atoms with Crippen LogP contribution < -0.4 is 10.2 Å². The number of hydrogen-bond donors (Lipinski definition) is 1. The van der Waals surface area contributed by atoms with Crippen molar-refractivity contribution in [3.8, 4) is 0 Å². The minimum atomic E-state index is -0.561.